The zero-order valence-electron chi connectivity index (χ0n) is 16.1. The van der Waals surface area contributed by atoms with E-state index >= 15 is 0 Å². The van der Waals surface area contributed by atoms with Gasteiger partial charge in [0.1, 0.15) is 21.9 Å². The van der Waals surface area contributed by atoms with Crippen LogP contribution in [0.2, 0.25) is 0 Å². The Morgan fingerprint density at radius 1 is 0.765 bits per heavy atom. The Balaban J connectivity index is 1.59. The van der Waals surface area contributed by atoms with E-state index in [9.17, 15) is 22.1 Å². The van der Waals surface area contributed by atoms with Crippen molar-refractivity contribution in [3.05, 3.63) is 66.2 Å². The molecule has 0 bridgehead atoms. The number of halogens is 6. The second-order valence-electron chi connectivity index (χ2n) is 6.62. The number of nitriles is 2. The maximum atomic E-state index is 14.7. The lowest BCUT2D eigenvalue weighted by Crippen LogP contribution is -2.19. The largest absolute Gasteiger partial charge is 0.710 e. The van der Waals surface area contributed by atoms with Crippen LogP contribution in [0.5, 0.6) is 0 Å². The number of nitrogens with zero attached hydrogens (tertiary/aromatic N) is 2. The van der Waals surface area contributed by atoms with E-state index in [0.29, 0.717) is 20.2 Å². The van der Waals surface area contributed by atoms with Gasteiger partial charge in [-0.15, -0.1) is 22.7 Å². The van der Waals surface area contributed by atoms with Gasteiger partial charge in [0.15, 0.2) is 0 Å². The van der Waals surface area contributed by atoms with Gasteiger partial charge in [-0.05, 0) is 56.2 Å². The minimum Gasteiger partial charge on any atom is -0.192 e. The topological polar surface area (TPSA) is 83.1 Å². The van der Waals surface area contributed by atoms with E-state index in [2.05, 4.69) is 40.9 Å². The highest BCUT2D eigenvalue weighted by molar-refractivity contribution is 9.10. The smallest absolute Gasteiger partial charge is 0.192 e. The monoisotopic (exact) mass is 651 g/mol. The molecule has 0 radical (unpaired) electrons. The molecule has 172 valence electrons. The Morgan fingerprint density at radius 3 is 1.50 bits per heavy atom. The summed E-state index contributed by atoms with van der Waals surface area (Å²) in [6.45, 7) is 0. The molecule has 14 heteroatoms. The molecule has 0 aliphatic carbocycles. The predicted molar refractivity (Wildman–Crippen MR) is 126 cm³/mol. The summed E-state index contributed by atoms with van der Waals surface area (Å²) in [6, 6.07) is 11.2. The summed E-state index contributed by atoms with van der Waals surface area (Å²) in [5.74, 6) is 0. The second kappa shape index (κ2) is 9.25. The lowest BCUT2D eigenvalue weighted by atomic mass is 10.1. The van der Waals surface area contributed by atoms with Crippen LogP contribution < -0.4 is 0 Å². The van der Waals surface area contributed by atoms with Crippen LogP contribution in [0.25, 0.3) is 20.2 Å². The van der Waals surface area contributed by atoms with Crippen molar-refractivity contribution >= 4 is 83.0 Å². The van der Waals surface area contributed by atoms with Crippen molar-refractivity contribution in [3.63, 3.8) is 0 Å². The van der Waals surface area contributed by atoms with E-state index in [-0.39, 0.29) is 18.7 Å². The standard InChI is InChI=1S/C20H6Br2F4N2O3PS2/c21-15-5-17-9(1-11(7-27)33-17)3-13(15)19(23,24)30-32(29)31-20(25,26)14-4-10-2-12(8-28)34-18(10)6-16(14)22/h1-6H/q+1. The van der Waals surface area contributed by atoms with Crippen molar-refractivity contribution in [2.45, 2.75) is 12.2 Å². The first-order valence-electron chi connectivity index (χ1n) is 8.82. The highest BCUT2D eigenvalue weighted by Crippen LogP contribution is 2.50. The number of thiophene rings is 2. The molecule has 2 aromatic carbocycles. The number of hydrogen-bond donors (Lipinski definition) is 0. The Kier molecular flexibility index (Phi) is 6.84. The molecule has 34 heavy (non-hydrogen) atoms. The van der Waals surface area contributed by atoms with E-state index in [0.717, 1.165) is 34.8 Å². The lowest BCUT2D eigenvalue weighted by Gasteiger charge is -2.14. The number of hydrogen-bond acceptors (Lipinski definition) is 7. The van der Waals surface area contributed by atoms with Gasteiger partial charge in [0.2, 0.25) is 0 Å². The van der Waals surface area contributed by atoms with Gasteiger partial charge in [0.05, 0.1) is 11.1 Å². The van der Waals surface area contributed by atoms with Crippen LogP contribution in [0.1, 0.15) is 20.9 Å². The molecule has 0 N–H and O–H groups in total. The average molecular weight is 653 g/mol. The molecule has 0 atom stereocenters. The maximum Gasteiger partial charge on any atom is 0.710 e. The van der Waals surface area contributed by atoms with Gasteiger partial charge < -0.3 is 0 Å². The van der Waals surface area contributed by atoms with Gasteiger partial charge in [-0.1, -0.05) is 31.9 Å². The summed E-state index contributed by atoms with van der Waals surface area (Å²) in [5.41, 5.74) is -1.55. The molecule has 2 heterocycles. The number of benzene rings is 2. The van der Waals surface area contributed by atoms with E-state index < -0.39 is 31.6 Å². The minimum absolute atomic E-state index is 0.134. The highest BCUT2D eigenvalue weighted by Gasteiger charge is 2.53. The molecular formula is C20H6Br2F4N2O3PS2+. The normalized spacial score (nSPS) is 12.1. The van der Waals surface area contributed by atoms with Gasteiger partial charge in [-0.3, -0.25) is 0 Å². The molecular weight excluding hydrogens is 647 g/mol. The predicted octanol–water partition coefficient (Wildman–Crippen LogP) is 8.87. The Hall–Kier alpha value is -1.96. The second-order valence-corrected chi connectivity index (χ2v) is 11.3. The van der Waals surface area contributed by atoms with Crippen molar-refractivity contribution in [3.8, 4) is 12.1 Å². The van der Waals surface area contributed by atoms with E-state index in [1.165, 1.54) is 24.3 Å². The third-order valence-electron chi connectivity index (χ3n) is 4.44. The van der Waals surface area contributed by atoms with E-state index in [4.69, 9.17) is 10.5 Å². The maximum absolute atomic E-state index is 14.7. The fourth-order valence-electron chi connectivity index (χ4n) is 2.98. The quantitative estimate of drug-likeness (QED) is 0.153. The van der Waals surface area contributed by atoms with Crippen LogP contribution in [0.15, 0.2) is 45.3 Å². The van der Waals surface area contributed by atoms with Crippen LogP contribution in [-0.2, 0) is 25.8 Å². The zero-order valence-corrected chi connectivity index (χ0v) is 21.8. The summed E-state index contributed by atoms with van der Waals surface area (Å²) < 4.78 is 80.1. The van der Waals surface area contributed by atoms with Crippen LogP contribution in [0, 0.1) is 22.7 Å². The zero-order chi connectivity index (χ0) is 24.8. The first-order chi connectivity index (χ1) is 15.9. The van der Waals surface area contributed by atoms with Crippen LogP contribution in [0.3, 0.4) is 0 Å². The summed E-state index contributed by atoms with van der Waals surface area (Å²) >= 11 is 8.08. The Labute approximate surface area is 214 Å². The van der Waals surface area contributed by atoms with Gasteiger partial charge in [-0.2, -0.15) is 28.1 Å². The summed E-state index contributed by atoms with van der Waals surface area (Å²) in [7, 11) is -4.00. The van der Waals surface area contributed by atoms with Gasteiger partial charge in [-0.25, -0.2) is 0 Å². The fourth-order valence-corrected chi connectivity index (χ4v) is 6.81. The molecule has 4 aromatic rings. The molecule has 0 fully saturated rings. The summed E-state index contributed by atoms with van der Waals surface area (Å²) in [4.78, 5) is 0.569. The van der Waals surface area contributed by atoms with Crippen molar-refractivity contribution in [2.75, 3.05) is 0 Å². The number of fused-ring (bicyclic) bond motifs is 2. The Morgan fingerprint density at radius 2 is 1.15 bits per heavy atom. The molecule has 0 saturated carbocycles. The van der Waals surface area contributed by atoms with Gasteiger partial charge in [0, 0.05) is 22.9 Å². The molecule has 5 nitrogen and oxygen atoms in total. The van der Waals surface area contributed by atoms with E-state index in [1.807, 2.05) is 12.1 Å². The number of rotatable bonds is 6. The first kappa shape index (κ1) is 25.1. The van der Waals surface area contributed by atoms with Crippen LogP contribution in [-0.4, -0.2) is 0 Å². The van der Waals surface area contributed by atoms with Crippen molar-refractivity contribution in [2.24, 2.45) is 0 Å². The van der Waals surface area contributed by atoms with Gasteiger partial charge >= 0.3 is 20.5 Å². The SMILES string of the molecule is N#Cc1cc2cc(C(F)(F)O[P+](=O)OC(F)(F)c3cc4cc(C#N)sc4cc3Br)c(Br)cc2s1. The number of alkyl halides is 4. The average Bonchev–Trinajstić information content (AvgIpc) is 3.33. The van der Waals surface area contributed by atoms with Crippen LogP contribution in [0.4, 0.5) is 17.6 Å². The molecule has 0 unspecified atom stereocenters. The summed E-state index contributed by atoms with van der Waals surface area (Å²) in [5, 5.41) is 18.6. The molecule has 0 aliphatic heterocycles. The lowest BCUT2D eigenvalue weighted by molar-refractivity contribution is -0.220. The Bertz CT molecular complexity index is 1450. The highest BCUT2D eigenvalue weighted by atomic mass is 79.9. The molecule has 0 saturated heterocycles. The summed E-state index contributed by atoms with van der Waals surface area (Å²) in [6.07, 6.45) is -8.52. The third kappa shape index (κ3) is 4.88. The van der Waals surface area contributed by atoms with Crippen molar-refractivity contribution in [1.82, 2.24) is 0 Å². The van der Waals surface area contributed by atoms with Crippen molar-refractivity contribution < 1.29 is 31.2 Å². The van der Waals surface area contributed by atoms with Gasteiger partial charge in [0.25, 0.3) is 0 Å². The molecule has 0 spiro atoms. The molecule has 4 rings (SSSR count). The van der Waals surface area contributed by atoms with Crippen LogP contribution >= 0.6 is 62.8 Å². The molecule has 2 aromatic heterocycles. The molecule has 0 amide bonds. The first-order valence-corrected chi connectivity index (χ1v) is 13.1. The molecule has 0 aliphatic rings. The van der Waals surface area contributed by atoms with E-state index in [1.54, 1.807) is 0 Å². The minimum atomic E-state index is -4.26. The van der Waals surface area contributed by atoms with Crippen molar-refractivity contribution in [1.29, 1.82) is 10.5 Å². The third-order valence-corrected chi connectivity index (χ3v) is 8.51. The fraction of sp³-hybridized carbons (Fsp3) is 0.100.